The fourth-order valence-corrected chi connectivity index (χ4v) is 1.90. The minimum atomic E-state index is -0.383. The van der Waals surface area contributed by atoms with Gasteiger partial charge >= 0.3 is 0 Å². The van der Waals surface area contributed by atoms with Gasteiger partial charge in [0, 0.05) is 26.6 Å². The van der Waals surface area contributed by atoms with Crippen LogP contribution in [0.4, 0.5) is 0 Å². The Morgan fingerprint density at radius 1 is 1.53 bits per heavy atom. The third kappa shape index (κ3) is 3.70. The molecule has 0 aromatic rings. The molecule has 0 aliphatic carbocycles. The van der Waals surface area contributed by atoms with E-state index in [4.69, 9.17) is 4.74 Å². The van der Waals surface area contributed by atoms with Crippen LogP contribution < -0.4 is 5.32 Å². The fourth-order valence-electron chi connectivity index (χ4n) is 1.90. The van der Waals surface area contributed by atoms with E-state index in [2.05, 4.69) is 5.32 Å². The number of carbonyl (C=O) groups excluding carboxylic acids is 2. The molecule has 2 unspecified atom stereocenters. The zero-order valence-electron chi connectivity index (χ0n) is 10.9. The molecule has 5 heteroatoms. The number of ether oxygens (including phenoxy) is 1. The van der Waals surface area contributed by atoms with Gasteiger partial charge in [-0.1, -0.05) is 20.3 Å². The van der Waals surface area contributed by atoms with Gasteiger partial charge in [0.05, 0.1) is 6.61 Å². The second-order valence-corrected chi connectivity index (χ2v) is 4.50. The van der Waals surface area contributed by atoms with Crippen LogP contribution in [0.5, 0.6) is 0 Å². The number of rotatable bonds is 5. The first-order valence-corrected chi connectivity index (χ1v) is 6.17. The largest absolute Gasteiger partial charge is 0.383 e. The summed E-state index contributed by atoms with van der Waals surface area (Å²) >= 11 is 0. The minimum absolute atomic E-state index is 0.0160. The van der Waals surface area contributed by atoms with E-state index in [9.17, 15) is 9.59 Å². The topological polar surface area (TPSA) is 58.6 Å². The molecule has 2 amide bonds. The van der Waals surface area contributed by atoms with E-state index < -0.39 is 0 Å². The summed E-state index contributed by atoms with van der Waals surface area (Å²) < 4.78 is 4.98. The first-order valence-electron chi connectivity index (χ1n) is 6.17. The van der Waals surface area contributed by atoms with E-state index in [1.807, 2.05) is 13.8 Å². The maximum Gasteiger partial charge on any atom is 0.245 e. The number of nitrogens with zero attached hydrogens (tertiary/aromatic N) is 1. The molecule has 1 aliphatic rings. The van der Waals surface area contributed by atoms with Crippen LogP contribution in [0.15, 0.2) is 0 Å². The third-order valence-electron chi connectivity index (χ3n) is 3.28. The second kappa shape index (κ2) is 6.59. The molecule has 1 rings (SSSR count). The Balaban J connectivity index is 2.74. The van der Waals surface area contributed by atoms with Crippen molar-refractivity contribution in [3.63, 3.8) is 0 Å². The molecule has 98 valence electrons. The van der Waals surface area contributed by atoms with Crippen LogP contribution in [0, 0.1) is 5.92 Å². The molecular weight excluding hydrogens is 220 g/mol. The van der Waals surface area contributed by atoms with Crippen molar-refractivity contribution in [1.82, 2.24) is 10.2 Å². The molecule has 1 N–H and O–H groups in total. The number of hydrogen-bond acceptors (Lipinski definition) is 3. The average Bonchev–Trinajstić information content (AvgIpc) is 2.47. The van der Waals surface area contributed by atoms with Crippen molar-refractivity contribution in [1.29, 1.82) is 0 Å². The second-order valence-electron chi connectivity index (χ2n) is 4.50. The van der Waals surface area contributed by atoms with Crippen molar-refractivity contribution in [2.45, 2.75) is 32.7 Å². The lowest BCUT2D eigenvalue weighted by Gasteiger charge is -2.26. The van der Waals surface area contributed by atoms with Crippen molar-refractivity contribution in [2.24, 2.45) is 5.92 Å². The quantitative estimate of drug-likeness (QED) is 0.759. The molecule has 0 spiro atoms. The lowest BCUT2D eigenvalue weighted by molar-refractivity contribution is -0.135. The highest BCUT2D eigenvalue weighted by molar-refractivity contribution is 5.90. The molecule has 0 saturated carbocycles. The van der Waals surface area contributed by atoms with Gasteiger partial charge in [0.25, 0.3) is 0 Å². The van der Waals surface area contributed by atoms with Gasteiger partial charge in [-0.2, -0.15) is 0 Å². The summed E-state index contributed by atoms with van der Waals surface area (Å²) in [5.74, 6) is 0.139. The predicted molar refractivity (Wildman–Crippen MR) is 64.5 cm³/mol. The molecule has 0 aromatic heterocycles. The highest BCUT2D eigenvalue weighted by atomic mass is 16.5. The maximum atomic E-state index is 12.3. The summed E-state index contributed by atoms with van der Waals surface area (Å²) in [6.45, 7) is 5.56. The number of amides is 2. The van der Waals surface area contributed by atoms with Gasteiger partial charge in [0.15, 0.2) is 0 Å². The molecule has 17 heavy (non-hydrogen) atoms. The van der Waals surface area contributed by atoms with Crippen LogP contribution in [0.3, 0.4) is 0 Å². The van der Waals surface area contributed by atoms with Gasteiger partial charge in [-0.15, -0.1) is 0 Å². The number of hydrogen-bond donors (Lipinski definition) is 1. The molecule has 1 fully saturated rings. The highest BCUT2D eigenvalue weighted by Gasteiger charge is 2.32. The van der Waals surface area contributed by atoms with Crippen LogP contribution in [0.2, 0.25) is 0 Å². The molecule has 1 heterocycles. The molecule has 0 bridgehead atoms. The van der Waals surface area contributed by atoms with E-state index in [-0.39, 0.29) is 23.8 Å². The Bertz CT molecular complexity index is 281. The van der Waals surface area contributed by atoms with E-state index in [0.717, 1.165) is 6.42 Å². The Morgan fingerprint density at radius 2 is 2.24 bits per heavy atom. The van der Waals surface area contributed by atoms with Gasteiger partial charge in [-0.3, -0.25) is 9.59 Å². The monoisotopic (exact) mass is 242 g/mol. The Labute approximate surface area is 102 Å². The van der Waals surface area contributed by atoms with Crippen LogP contribution in [0.1, 0.15) is 26.7 Å². The normalized spacial score (nSPS) is 23.2. The van der Waals surface area contributed by atoms with Crippen LogP contribution >= 0.6 is 0 Å². The van der Waals surface area contributed by atoms with Crippen molar-refractivity contribution in [3.8, 4) is 0 Å². The summed E-state index contributed by atoms with van der Waals surface area (Å²) in [6.07, 6.45) is 1.25. The SMILES string of the molecule is CCC(C)C1NC(=O)CCN(CCOC)C1=O. The lowest BCUT2D eigenvalue weighted by Crippen LogP contribution is -2.48. The van der Waals surface area contributed by atoms with E-state index in [1.54, 1.807) is 12.0 Å². The standard InChI is InChI=1S/C12H22N2O3/c1-4-9(2)11-12(16)14(7-8-17-3)6-5-10(15)13-11/h9,11H,4-8H2,1-3H3,(H,13,15). The van der Waals surface area contributed by atoms with Crippen LogP contribution in [-0.4, -0.2) is 49.6 Å². The first-order chi connectivity index (χ1) is 8.10. The van der Waals surface area contributed by atoms with Crippen LogP contribution in [0.25, 0.3) is 0 Å². The Hall–Kier alpha value is -1.10. The zero-order chi connectivity index (χ0) is 12.8. The lowest BCUT2D eigenvalue weighted by atomic mass is 9.98. The summed E-state index contributed by atoms with van der Waals surface area (Å²) in [5, 5.41) is 2.81. The molecule has 2 atom stereocenters. The third-order valence-corrected chi connectivity index (χ3v) is 3.28. The van der Waals surface area contributed by atoms with Gasteiger partial charge in [0.2, 0.25) is 11.8 Å². The summed E-state index contributed by atoms with van der Waals surface area (Å²) in [6, 6.07) is -0.383. The number of nitrogens with one attached hydrogen (secondary N) is 1. The Kier molecular flexibility index (Phi) is 5.41. The van der Waals surface area contributed by atoms with Gasteiger partial charge < -0.3 is 15.0 Å². The molecule has 1 saturated heterocycles. The van der Waals surface area contributed by atoms with Gasteiger partial charge in [-0.25, -0.2) is 0 Å². The molecular formula is C12H22N2O3. The van der Waals surface area contributed by atoms with E-state index in [0.29, 0.717) is 26.1 Å². The fraction of sp³-hybridized carbons (Fsp3) is 0.833. The highest BCUT2D eigenvalue weighted by Crippen LogP contribution is 2.14. The predicted octanol–water partition coefficient (Wildman–Crippen LogP) is 0.396. The molecule has 5 nitrogen and oxygen atoms in total. The van der Waals surface area contributed by atoms with E-state index in [1.165, 1.54) is 0 Å². The van der Waals surface area contributed by atoms with E-state index >= 15 is 0 Å². The average molecular weight is 242 g/mol. The number of carbonyl (C=O) groups is 2. The maximum absolute atomic E-state index is 12.3. The zero-order valence-corrected chi connectivity index (χ0v) is 10.9. The van der Waals surface area contributed by atoms with Crippen molar-refractivity contribution in [2.75, 3.05) is 26.8 Å². The van der Waals surface area contributed by atoms with Gasteiger partial charge in [-0.05, 0) is 5.92 Å². The molecule has 0 aromatic carbocycles. The summed E-state index contributed by atoms with van der Waals surface area (Å²) in [4.78, 5) is 25.5. The number of methoxy groups -OCH3 is 1. The van der Waals surface area contributed by atoms with Crippen molar-refractivity contribution in [3.05, 3.63) is 0 Å². The first kappa shape index (κ1) is 14.0. The minimum Gasteiger partial charge on any atom is -0.383 e. The van der Waals surface area contributed by atoms with Crippen molar-refractivity contribution >= 4 is 11.8 Å². The summed E-state index contributed by atoms with van der Waals surface area (Å²) in [7, 11) is 1.61. The Morgan fingerprint density at radius 3 is 2.82 bits per heavy atom. The molecule has 1 aliphatic heterocycles. The van der Waals surface area contributed by atoms with Crippen LogP contribution in [-0.2, 0) is 14.3 Å². The molecule has 0 radical (unpaired) electrons. The van der Waals surface area contributed by atoms with Crippen molar-refractivity contribution < 1.29 is 14.3 Å². The van der Waals surface area contributed by atoms with Gasteiger partial charge in [0.1, 0.15) is 6.04 Å². The summed E-state index contributed by atoms with van der Waals surface area (Å²) in [5.41, 5.74) is 0. The smallest absolute Gasteiger partial charge is 0.245 e.